The van der Waals surface area contributed by atoms with Gasteiger partial charge in [-0.25, -0.2) is 0 Å². The van der Waals surface area contributed by atoms with Crippen LogP contribution in [0.1, 0.15) is 67.3 Å². The minimum absolute atomic E-state index is 0.00444. The number of rotatable bonds is 12. The van der Waals surface area contributed by atoms with Crippen molar-refractivity contribution in [2.24, 2.45) is 0 Å². The molecule has 0 saturated carbocycles. The zero-order valence-corrected chi connectivity index (χ0v) is 24.2. The van der Waals surface area contributed by atoms with Gasteiger partial charge in [-0.05, 0) is 73.1 Å². The van der Waals surface area contributed by atoms with Crippen molar-refractivity contribution in [2.75, 3.05) is 20.5 Å². The SMILES string of the molecule is CCC(CC)(c1ccc(/C=C/C(OCOC)(C(F)(F)F)C(F)(F)F)c(C)c1)c1ccc(OC[C@@H]2CCC(=O)O2)c(C)c1. The van der Waals surface area contributed by atoms with E-state index in [0.717, 1.165) is 29.9 Å². The number of alkyl halides is 6. The Morgan fingerprint density at radius 3 is 2.00 bits per heavy atom. The number of cyclic esters (lactones) is 1. The maximum Gasteiger partial charge on any atom is 0.430 e. The topological polar surface area (TPSA) is 54.0 Å². The lowest BCUT2D eigenvalue weighted by Gasteiger charge is -2.35. The number of ether oxygens (including phenoxy) is 4. The Balaban J connectivity index is 1.93. The molecule has 0 amide bonds. The summed E-state index contributed by atoms with van der Waals surface area (Å²) in [7, 11) is 0.939. The van der Waals surface area contributed by atoms with Crippen molar-refractivity contribution < 1.29 is 50.1 Å². The van der Waals surface area contributed by atoms with Gasteiger partial charge in [-0.2, -0.15) is 26.3 Å². The summed E-state index contributed by atoms with van der Waals surface area (Å²) in [6.45, 7) is 6.65. The first-order valence-corrected chi connectivity index (χ1v) is 13.6. The molecule has 1 heterocycles. The number of hydrogen-bond acceptors (Lipinski definition) is 5. The fourth-order valence-corrected chi connectivity index (χ4v) is 5.31. The standard InChI is InChI=1S/C31H36F6O5/c1-6-28(7-2,24-10-12-26(21(4)17-24)40-18-25-11-13-27(38)42-25)23-9-8-22(20(3)16-23)14-15-29(30(32,33)34,31(35,36)37)41-19-39-5/h8-10,12,14-17,25H,6-7,11,13,18-19H2,1-5H3/b15-14+/t25-/m0/s1. The van der Waals surface area contributed by atoms with E-state index in [-0.39, 0.29) is 30.3 Å². The van der Waals surface area contributed by atoms with E-state index in [1.807, 2.05) is 39.0 Å². The van der Waals surface area contributed by atoms with Crippen LogP contribution in [-0.4, -0.2) is 50.5 Å². The van der Waals surface area contributed by atoms with E-state index in [0.29, 0.717) is 37.0 Å². The Hall–Kier alpha value is -3.05. The second-order valence-electron chi connectivity index (χ2n) is 10.4. The zero-order chi connectivity index (χ0) is 31.3. The minimum Gasteiger partial charge on any atom is -0.489 e. The first-order valence-electron chi connectivity index (χ1n) is 13.6. The van der Waals surface area contributed by atoms with Gasteiger partial charge in [0.25, 0.3) is 5.60 Å². The third-order valence-electron chi connectivity index (χ3n) is 7.89. The molecule has 0 aromatic heterocycles. The fraction of sp³-hybridized carbons (Fsp3) is 0.516. The van der Waals surface area contributed by atoms with Crippen LogP contribution in [0.2, 0.25) is 0 Å². The van der Waals surface area contributed by atoms with E-state index < -0.39 is 30.2 Å². The molecule has 0 aliphatic carbocycles. The Labute approximate surface area is 241 Å². The van der Waals surface area contributed by atoms with Gasteiger partial charge < -0.3 is 18.9 Å². The van der Waals surface area contributed by atoms with E-state index >= 15 is 0 Å². The molecule has 42 heavy (non-hydrogen) atoms. The number of carbonyl (C=O) groups excluding carboxylic acids is 1. The van der Waals surface area contributed by atoms with Gasteiger partial charge in [0.2, 0.25) is 0 Å². The van der Waals surface area contributed by atoms with Crippen LogP contribution < -0.4 is 4.74 Å². The van der Waals surface area contributed by atoms with Crippen LogP contribution in [0.15, 0.2) is 42.5 Å². The highest BCUT2D eigenvalue weighted by Crippen LogP contribution is 2.47. The molecular weight excluding hydrogens is 566 g/mol. The molecule has 1 fully saturated rings. The van der Waals surface area contributed by atoms with Gasteiger partial charge in [0, 0.05) is 18.9 Å². The molecular formula is C31H36F6O5. The largest absolute Gasteiger partial charge is 0.489 e. The van der Waals surface area contributed by atoms with Gasteiger partial charge in [-0.15, -0.1) is 0 Å². The summed E-state index contributed by atoms with van der Waals surface area (Å²) in [6, 6.07) is 10.9. The van der Waals surface area contributed by atoms with E-state index in [2.05, 4.69) is 9.47 Å². The summed E-state index contributed by atoms with van der Waals surface area (Å²) in [5, 5.41) is 0. The van der Waals surface area contributed by atoms with Gasteiger partial charge in [-0.3, -0.25) is 4.79 Å². The van der Waals surface area contributed by atoms with Crippen LogP contribution in [0.25, 0.3) is 6.08 Å². The lowest BCUT2D eigenvalue weighted by molar-refractivity contribution is -0.372. The second-order valence-corrected chi connectivity index (χ2v) is 10.4. The van der Waals surface area contributed by atoms with Gasteiger partial charge >= 0.3 is 18.3 Å². The van der Waals surface area contributed by atoms with Crippen LogP contribution >= 0.6 is 0 Å². The highest BCUT2D eigenvalue weighted by molar-refractivity contribution is 5.71. The molecule has 0 bridgehead atoms. The Morgan fingerprint density at radius 1 is 0.929 bits per heavy atom. The molecule has 0 N–H and O–H groups in total. The van der Waals surface area contributed by atoms with Crippen molar-refractivity contribution in [1.82, 2.24) is 0 Å². The third kappa shape index (κ3) is 6.78. The molecule has 1 aliphatic rings. The van der Waals surface area contributed by atoms with Crippen molar-refractivity contribution in [3.63, 3.8) is 0 Å². The van der Waals surface area contributed by atoms with Crippen molar-refractivity contribution in [2.45, 2.75) is 82.9 Å². The van der Waals surface area contributed by atoms with Crippen LogP contribution in [0.3, 0.4) is 0 Å². The van der Waals surface area contributed by atoms with Crippen LogP contribution in [0.5, 0.6) is 5.75 Å². The summed E-state index contributed by atoms with van der Waals surface area (Å²) >= 11 is 0. The van der Waals surface area contributed by atoms with Gasteiger partial charge in [0.05, 0.1) is 0 Å². The molecule has 232 valence electrons. The maximum absolute atomic E-state index is 13.7. The predicted molar refractivity (Wildman–Crippen MR) is 145 cm³/mol. The molecule has 0 unspecified atom stereocenters. The van der Waals surface area contributed by atoms with Crippen molar-refractivity contribution in [3.8, 4) is 5.75 Å². The lowest BCUT2D eigenvalue weighted by atomic mass is 9.70. The highest BCUT2D eigenvalue weighted by atomic mass is 19.4. The first-order chi connectivity index (χ1) is 19.6. The molecule has 3 rings (SSSR count). The number of halogens is 6. The van der Waals surface area contributed by atoms with Crippen molar-refractivity contribution in [1.29, 1.82) is 0 Å². The average Bonchev–Trinajstić information content (AvgIpc) is 3.33. The van der Waals surface area contributed by atoms with E-state index in [1.165, 1.54) is 6.07 Å². The minimum atomic E-state index is -5.77. The summed E-state index contributed by atoms with van der Waals surface area (Å²) < 4.78 is 102. The highest BCUT2D eigenvalue weighted by Gasteiger charge is 2.71. The number of aryl methyl sites for hydroxylation is 2. The average molecular weight is 603 g/mol. The van der Waals surface area contributed by atoms with E-state index in [1.54, 1.807) is 19.1 Å². The van der Waals surface area contributed by atoms with Crippen molar-refractivity contribution in [3.05, 3.63) is 70.3 Å². The zero-order valence-electron chi connectivity index (χ0n) is 24.2. The van der Waals surface area contributed by atoms with Gasteiger partial charge in [0.15, 0.2) is 0 Å². The molecule has 1 aliphatic heterocycles. The Bertz CT molecular complexity index is 1250. The lowest BCUT2D eigenvalue weighted by Crippen LogP contribution is -2.57. The smallest absolute Gasteiger partial charge is 0.430 e. The van der Waals surface area contributed by atoms with Gasteiger partial charge in [0.1, 0.15) is 25.3 Å². The number of methoxy groups -OCH3 is 1. The number of hydrogen-bond donors (Lipinski definition) is 0. The maximum atomic E-state index is 13.7. The second kappa shape index (κ2) is 13.1. The van der Waals surface area contributed by atoms with E-state index in [4.69, 9.17) is 9.47 Å². The predicted octanol–water partition coefficient (Wildman–Crippen LogP) is 7.99. The van der Waals surface area contributed by atoms with Crippen molar-refractivity contribution >= 4 is 12.0 Å². The molecule has 0 spiro atoms. The number of carbonyl (C=O) groups is 1. The molecule has 5 nitrogen and oxygen atoms in total. The molecule has 11 heteroatoms. The first kappa shape index (κ1) is 33.5. The number of esters is 1. The van der Waals surface area contributed by atoms with E-state index in [9.17, 15) is 31.1 Å². The van der Waals surface area contributed by atoms with Crippen LogP contribution in [-0.2, 0) is 24.4 Å². The van der Waals surface area contributed by atoms with Crippen LogP contribution in [0, 0.1) is 13.8 Å². The molecule has 0 radical (unpaired) electrons. The van der Waals surface area contributed by atoms with Crippen LogP contribution in [0.4, 0.5) is 26.3 Å². The Kier molecular flexibility index (Phi) is 10.4. The molecule has 1 atom stereocenters. The van der Waals surface area contributed by atoms with Gasteiger partial charge in [-0.1, -0.05) is 50.3 Å². The number of benzene rings is 2. The fourth-order valence-electron chi connectivity index (χ4n) is 5.31. The summed E-state index contributed by atoms with van der Waals surface area (Å²) in [5.74, 6) is 0.426. The Morgan fingerprint density at radius 2 is 1.52 bits per heavy atom. The molecule has 1 saturated heterocycles. The summed E-state index contributed by atoms with van der Waals surface area (Å²) in [4.78, 5) is 11.3. The third-order valence-corrected chi connectivity index (χ3v) is 7.89. The summed E-state index contributed by atoms with van der Waals surface area (Å²) in [6.07, 6.45) is -8.68. The normalized spacial score (nSPS) is 16.7. The molecule has 2 aromatic rings. The molecule has 2 aromatic carbocycles. The summed E-state index contributed by atoms with van der Waals surface area (Å²) in [5.41, 5.74) is -1.56. The quantitative estimate of drug-likeness (QED) is 0.140. The monoisotopic (exact) mass is 602 g/mol.